The van der Waals surface area contributed by atoms with Gasteiger partial charge in [-0.15, -0.1) is 11.3 Å². The van der Waals surface area contributed by atoms with E-state index in [-0.39, 0.29) is 6.04 Å². The number of hydrogen-bond acceptors (Lipinski definition) is 4. The average Bonchev–Trinajstić information content (AvgIpc) is 2.80. The zero-order valence-corrected chi connectivity index (χ0v) is 11.2. The maximum atomic E-state index is 4.40. The van der Waals surface area contributed by atoms with Crippen LogP contribution in [0.3, 0.4) is 0 Å². The van der Waals surface area contributed by atoms with Gasteiger partial charge in [0.05, 0.1) is 6.04 Å². The van der Waals surface area contributed by atoms with Gasteiger partial charge in [0.2, 0.25) is 0 Å². The van der Waals surface area contributed by atoms with Crippen LogP contribution in [-0.2, 0) is 0 Å². The molecule has 0 radical (unpaired) electrons. The van der Waals surface area contributed by atoms with E-state index in [1.807, 2.05) is 30.8 Å². The van der Waals surface area contributed by atoms with Crippen molar-refractivity contribution in [1.29, 1.82) is 0 Å². The smallest absolute Gasteiger partial charge is 0.114 e. The normalized spacial score (nSPS) is 12.9. The average molecular weight is 247 g/mol. The number of pyridine rings is 1. The Bertz CT molecular complexity index is 448. The molecule has 2 aromatic heterocycles. The van der Waals surface area contributed by atoms with Crippen LogP contribution in [0, 0.1) is 6.92 Å². The van der Waals surface area contributed by atoms with Gasteiger partial charge in [0.15, 0.2) is 0 Å². The SMILES string of the molecule is Cc1ccc(C(NC(C)C)c2nccs2)cn1. The highest BCUT2D eigenvalue weighted by Crippen LogP contribution is 2.23. The summed E-state index contributed by atoms with van der Waals surface area (Å²) < 4.78 is 0. The van der Waals surface area contributed by atoms with E-state index in [0.717, 1.165) is 10.7 Å². The lowest BCUT2D eigenvalue weighted by molar-refractivity contribution is 0.526. The highest BCUT2D eigenvalue weighted by Gasteiger charge is 2.17. The van der Waals surface area contributed by atoms with Crippen LogP contribution in [0.5, 0.6) is 0 Å². The van der Waals surface area contributed by atoms with Crippen LogP contribution in [0.1, 0.15) is 36.2 Å². The van der Waals surface area contributed by atoms with Crippen LogP contribution in [0.2, 0.25) is 0 Å². The Morgan fingerprint density at radius 2 is 2.06 bits per heavy atom. The molecule has 0 spiro atoms. The molecular formula is C13H17N3S. The maximum Gasteiger partial charge on any atom is 0.114 e. The molecule has 0 saturated carbocycles. The van der Waals surface area contributed by atoms with Gasteiger partial charge < -0.3 is 5.32 Å². The summed E-state index contributed by atoms with van der Waals surface area (Å²) >= 11 is 1.67. The van der Waals surface area contributed by atoms with E-state index in [1.54, 1.807) is 11.3 Å². The summed E-state index contributed by atoms with van der Waals surface area (Å²) in [5, 5.41) is 6.62. The van der Waals surface area contributed by atoms with Crippen molar-refractivity contribution in [2.24, 2.45) is 0 Å². The second-order valence-corrected chi connectivity index (χ2v) is 5.28. The number of rotatable bonds is 4. The largest absolute Gasteiger partial charge is 0.302 e. The highest BCUT2D eigenvalue weighted by atomic mass is 32.1. The number of aryl methyl sites for hydroxylation is 1. The molecule has 4 heteroatoms. The molecule has 2 aromatic rings. The Hall–Kier alpha value is -1.26. The lowest BCUT2D eigenvalue weighted by Gasteiger charge is -2.19. The molecule has 3 nitrogen and oxygen atoms in total. The summed E-state index contributed by atoms with van der Waals surface area (Å²) in [5.74, 6) is 0. The Kier molecular flexibility index (Phi) is 3.86. The van der Waals surface area contributed by atoms with Gasteiger partial charge in [-0.2, -0.15) is 0 Å². The Labute approximate surface area is 106 Å². The topological polar surface area (TPSA) is 37.8 Å². The van der Waals surface area contributed by atoms with Gasteiger partial charge in [0, 0.05) is 29.5 Å². The van der Waals surface area contributed by atoms with Crippen LogP contribution in [0.15, 0.2) is 29.9 Å². The van der Waals surface area contributed by atoms with E-state index in [4.69, 9.17) is 0 Å². The summed E-state index contributed by atoms with van der Waals surface area (Å²) in [4.78, 5) is 8.75. The molecule has 1 unspecified atom stereocenters. The van der Waals surface area contributed by atoms with Crippen molar-refractivity contribution in [3.63, 3.8) is 0 Å². The number of nitrogens with zero attached hydrogens (tertiary/aromatic N) is 2. The third kappa shape index (κ3) is 3.11. The lowest BCUT2D eigenvalue weighted by Crippen LogP contribution is -2.29. The molecule has 0 amide bonds. The third-order valence-corrected chi connectivity index (χ3v) is 3.31. The highest BCUT2D eigenvalue weighted by molar-refractivity contribution is 7.09. The predicted molar refractivity (Wildman–Crippen MR) is 71.2 cm³/mol. The summed E-state index contributed by atoms with van der Waals surface area (Å²) in [5.41, 5.74) is 2.20. The Morgan fingerprint density at radius 1 is 1.24 bits per heavy atom. The van der Waals surface area contributed by atoms with Crippen molar-refractivity contribution in [2.75, 3.05) is 0 Å². The molecule has 0 aliphatic heterocycles. The van der Waals surface area contributed by atoms with Gasteiger partial charge >= 0.3 is 0 Å². The first-order valence-electron chi connectivity index (χ1n) is 5.75. The fourth-order valence-electron chi connectivity index (χ4n) is 1.67. The van der Waals surface area contributed by atoms with Crippen LogP contribution in [-0.4, -0.2) is 16.0 Å². The number of aromatic nitrogens is 2. The molecule has 90 valence electrons. The van der Waals surface area contributed by atoms with Crippen LogP contribution < -0.4 is 5.32 Å². The first-order valence-corrected chi connectivity index (χ1v) is 6.63. The first kappa shape index (κ1) is 12.2. The van der Waals surface area contributed by atoms with Crippen molar-refractivity contribution in [3.05, 3.63) is 46.2 Å². The second-order valence-electron chi connectivity index (χ2n) is 4.36. The molecule has 0 aromatic carbocycles. The van der Waals surface area contributed by atoms with Crippen molar-refractivity contribution >= 4 is 11.3 Å². The molecule has 0 aliphatic rings. The summed E-state index contributed by atoms with van der Waals surface area (Å²) in [6.45, 7) is 6.28. The van der Waals surface area contributed by atoms with Gasteiger partial charge in [0.1, 0.15) is 5.01 Å². The van der Waals surface area contributed by atoms with E-state index < -0.39 is 0 Å². The van der Waals surface area contributed by atoms with Gasteiger partial charge in [0.25, 0.3) is 0 Å². The number of nitrogens with one attached hydrogen (secondary N) is 1. The molecular weight excluding hydrogens is 230 g/mol. The van der Waals surface area contributed by atoms with Crippen molar-refractivity contribution in [1.82, 2.24) is 15.3 Å². The molecule has 17 heavy (non-hydrogen) atoms. The quantitative estimate of drug-likeness (QED) is 0.902. The van der Waals surface area contributed by atoms with Crippen molar-refractivity contribution in [3.8, 4) is 0 Å². The predicted octanol–water partition coefficient (Wildman–Crippen LogP) is 2.93. The van der Waals surface area contributed by atoms with E-state index in [2.05, 4.69) is 35.2 Å². The molecule has 1 N–H and O–H groups in total. The fraction of sp³-hybridized carbons (Fsp3) is 0.385. The molecule has 1 atom stereocenters. The maximum absolute atomic E-state index is 4.40. The van der Waals surface area contributed by atoms with Crippen LogP contribution in [0.25, 0.3) is 0 Å². The van der Waals surface area contributed by atoms with Gasteiger partial charge in [-0.1, -0.05) is 6.07 Å². The first-order chi connectivity index (χ1) is 8.16. The van der Waals surface area contributed by atoms with Gasteiger partial charge in [-0.25, -0.2) is 4.98 Å². The molecule has 2 heterocycles. The summed E-state index contributed by atoms with van der Waals surface area (Å²) in [6.07, 6.45) is 3.77. The van der Waals surface area contributed by atoms with Crippen LogP contribution >= 0.6 is 11.3 Å². The molecule has 2 rings (SSSR count). The lowest BCUT2D eigenvalue weighted by atomic mass is 10.1. The number of thiazole rings is 1. The second kappa shape index (κ2) is 5.38. The zero-order valence-electron chi connectivity index (χ0n) is 10.3. The summed E-state index contributed by atoms with van der Waals surface area (Å²) in [6, 6.07) is 4.70. The van der Waals surface area contributed by atoms with E-state index in [1.165, 1.54) is 5.56 Å². The summed E-state index contributed by atoms with van der Waals surface area (Å²) in [7, 11) is 0. The Balaban J connectivity index is 2.30. The zero-order chi connectivity index (χ0) is 12.3. The van der Waals surface area contributed by atoms with Crippen molar-refractivity contribution < 1.29 is 0 Å². The Morgan fingerprint density at radius 3 is 2.59 bits per heavy atom. The minimum Gasteiger partial charge on any atom is -0.302 e. The van der Waals surface area contributed by atoms with Gasteiger partial charge in [-0.3, -0.25) is 4.98 Å². The van der Waals surface area contributed by atoms with Crippen molar-refractivity contribution in [2.45, 2.75) is 32.9 Å². The molecule has 0 saturated heterocycles. The fourth-order valence-corrected chi connectivity index (χ4v) is 2.39. The standard InChI is InChI=1S/C13H17N3S/c1-9(2)16-12(13-14-6-7-17-13)11-5-4-10(3)15-8-11/h4-9,12,16H,1-3H3. The monoisotopic (exact) mass is 247 g/mol. The van der Waals surface area contributed by atoms with E-state index in [9.17, 15) is 0 Å². The number of hydrogen-bond donors (Lipinski definition) is 1. The van der Waals surface area contributed by atoms with E-state index in [0.29, 0.717) is 6.04 Å². The molecule has 0 aliphatic carbocycles. The third-order valence-electron chi connectivity index (χ3n) is 2.47. The van der Waals surface area contributed by atoms with E-state index >= 15 is 0 Å². The van der Waals surface area contributed by atoms with Crippen LogP contribution in [0.4, 0.5) is 0 Å². The van der Waals surface area contributed by atoms with Gasteiger partial charge in [-0.05, 0) is 32.4 Å². The molecule has 0 fully saturated rings. The minimum absolute atomic E-state index is 0.142. The molecule has 0 bridgehead atoms. The minimum atomic E-state index is 0.142.